The Morgan fingerprint density at radius 1 is 1.21 bits per heavy atom. The topological polar surface area (TPSA) is 109 Å². The quantitative estimate of drug-likeness (QED) is 0.398. The van der Waals surface area contributed by atoms with E-state index < -0.39 is 5.92 Å². The number of nitrogen functional groups attached to an aromatic ring is 1. The molecule has 7 nitrogen and oxygen atoms in total. The van der Waals surface area contributed by atoms with Crippen LogP contribution in [0.3, 0.4) is 0 Å². The molecule has 2 unspecified atom stereocenters. The van der Waals surface area contributed by atoms with E-state index in [9.17, 15) is 5.26 Å². The van der Waals surface area contributed by atoms with Gasteiger partial charge in [0.1, 0.15) is 12.0 Å². The van der Waals surface area contributed by atoms with E-state index in [1.807, 2.05) is 25.1 Å². The van der Waals surface area contributed by atoms with Crippen LogP contribution in [0.5, 0.6) is 0 Å². The largest absolute Gasteiger partial charge is 0.393 e. The summed E-state index contributed by atoms with van der Waals surface area (Å²) in [7, 11) is 0. The minimum atomic E-state index is -0.514. The summed E-state index contributed by atoms with van der Waals surface area (Å²) in [6, 6.07) is 13.2. The summed E-state index contributed by atoms with van der Waals surface area (Å²) in [4.78, 5) is 8.54. The number of halogens is 2. The standard InChI is InChI=1S/C24H24Cl2N6O/c1-14-9-18(19(11-27)15-4-6-16(25)7-5-15)20(26)10-21(14)32-24-22(28)23(30-13-31-24)29-12-17-3-2-8-33-17/h4-7,9-10,13,17,19H,2-3,8,12,28H2,1H3,(H2,29,30,31,32). The molecule has 0 spiro atoms. The molecular weight excluding hydrogens is 459 g/mol. The number of anilines is 4. The first-order chi connectivity index (χ1) is 16.0. The first-order valence-corrected chi connectivity index (χ1v) is 11.4. The van der Waals surface area contributed by atoms with Crippen molar-refractivity contribution in [1.82, 2.24) is 9.97 Å². The van der Waals surface area contributed by atoms with Gasteiger partial charge in [-0.25, -0.2) is 9.97 Å². The van der Waals surface area contributed by atoms with Crippen molar-refractivity contribution in [3.8, 4) is 6.07 Å². The molecule has 2 heterocycles. The minimum Gasteiger partial charge on any atom is -0.393 e. The Labute approximate surface area is 202 Å². The Morgan fingerprint density at radius 2 is 1.97 bits per heavy atom. The number of benzene rings is 2. The van der Waals surface area contributed by atoms with Crippen LogP contribution in [-0.4, -0.2) is 29.2 Å². The van der Waals surface area contributed by atoms with Crippen molar-refractivity contribution in [2.45, 2.75) is 31.8 Å². The number of nitriles is 1. The van der Waals surface area contributed by atoms with Crippen LogP contribution in [-0.2, 0) is 4.74 Å². The van der Waals surface area contributed by atoms with Gasteiger partial charge in [0.15, 0.2) is 11.6 Å². The van der Waals surface area contributed by atoms with Gasteiger partial charge in [0.25, 0.3) is 0 Å². The Morgan fingerprint density at radius 3 is 2.67 bits per heavy atom. The Balaban J connectivity index is 1.55. The number of nitrogens with one attached hydrogen (secondary N) is 2. The maximum Gasteiger partial charge on any atom is 0.159 e. The summed E-state index contributed by atoms with van der Waals surface area (Å²) in [5.41, 5.74) is 9.91. The maximum atomic E-state index is 9.81. The molecule has 33 heavy (non-hydrogen) atoms. The van der Waals surface area contributed by atoms with Gasteiger partial charge < -0.3 is 21.1 Å². The molecular formula is C24H24Cl2N6O. The van der Waals surface area contributed by atoms with Crippen LogP contribution < -0.4 is 16.4 Å². The van der Waals surface area contributed by atoms with Gasteiger partial charge in [0.2, 0.25) is 0 Å². The number of hydrogen-bond donors (Lipinski definition) is 3. The molecule has 3 aromatic rings. The summed E-state index contributed by atoms with van der Waals surface area (Å²) in [5.74, 6) is 0.511. The highest BCUT2D eigenvalue weighted by atomic mass is 35.5. The molecule has 2 atom stereocenters. The van der Waals surface area contributed by atoms with Gasteiger partial charge in [-0.15, -0.1) is 0 Å². The van der Waals surface area contributed by atoms with Gasteiger partial charge in [0.05, 0.1) is 18.1 Å². The Kier molecular flexibility index (Phi) is 7.19. The first-order valence-electron chi connectivity index (χ1n) is 10.6. The van der Waals surface area contributed by atoms with Crippen LogP contribution in [0.1, 0.15) is 35.4 Å². The lowest BCUT2D eigenvalue weighted by Gasteiger charge is -2.18. The summed E-state index contributed by atoms with van der Waals surface area (Å²) in [6.45, 7) is 3.37. The van der Waals surface area contributed by atoms with E-state index in [1.54, 1.807) is 18.2 Å². The van der Waals surface area contributed by atoms with Gasteiger partial charge in [-0.3, -0.25) is 0 Å². The predicted molar refractivity (Wildman–Crippen MR) is 132 cm³/mol. The van der Waals surface area contributed by atoms with Gasteiger partial charge in [-0.2, -0.15) is 5.26 Å². The molecule has 0 amide bonds. The molecule has 4 N–H and O–H groups in total. The number of ether oxygens (including phenoxy) is 1. The second kappa shape index (κ2) is 10.3. The second-order valence-corrected chi connectivity index (χ2v) is 8.77. The van der Waals surface area contributed by atoms with E-state index in [-0.39, 0.29) is 6.10 Å². The summed E-state index contributed by atoms with van der Waals surface area (Å²) >= 11 is 12.6. The third-order valence-electron chi connectivity index (χ3n) is 5.65. The van der Waals surface area contributed by atoms with Crippen molar-refractivity contribution < 1.29 is 4.74 Å². The molecule has 0 saturated carbocycles. The SMILES string of the molecule is Cc1cc(C(C#N)c2ccc(Cl)cc2)c(Cl)cc1Nc1ncnc(NCC2CCCO2)c1N. The average Bonchev–Trinajstić information content (AvgIpc) is 3.33. The average molecular weight is 483 g/mol. The Bertz CT molecular complexity index is 1170. The number of rotatable bonds is 7. The first kappa shape index (κ1) is 23.1. The van der Waals surface area contributed by atoms with Crippen LogP contribution >= 0.6 is 23.2 Å². The third kappa shape index (κ3) is 5.31. The molecule has 9 heteroatoms. The third-order valence-corrected chi connectivity index (χ3v) is 6.22. The highest BCUT2D eigenvalue weighted by Crippen LogP contribution is 2.36. The minimum absolute atomic E-state index is 0.165. The van der Waals surface area contributed by atoms with Gasteiger partial charge in [-0.1, -0.05) is 41.4 Å². The van der Waals surface area contributed by atoms with Gasteiger partial charge in [0, 0.05) is 28.9 Å². The molecule has 170 valence electrons. The predicted octanol–water partition coefficient (Wildman–Crippen LogP) is 5.66. The summed E-state index contributed by atoms with van der Waals surface area (Å²) < 4.78 is 5.64. The summed E-state index contributed by atoms with van der Waals surface area (Å²) in [6.07, 6.45) is 3.71. The lowest BCUT2D eigenvalue weighted by atomic mass is 9.91. The smallest absolute Gasteiger partial charge is 0.159 e. The van der Waals surface area contributed by atoms with E-state index in [4.69, 9.17) is 33.7 Å². The van der Waals surface area contributed by atoms with E-state index in [0.717, 1.165) is 41.8 Å². The van der Waals surface area contributed by atoms with Gasteiger partial charge >= 0.3 is 0 Å². The Hall–Kier alpha value is -3.05. The fourth-order valence-corrected chi connectivity index (χ4v) is 4.22. The van der Waals surface area contributed by atoms with Crippen molar-refractivity contribution in [2.75, 3.05) is 29.5 Å². The van der Waals surface area contributed by atoms with Crippen molar-refractivity contribution in [2.24, 2.45) is 0 Å². The molecule has 0 aliphatic carbocycles. The van der Waals surface area contributed by atoms with E-state index >= 15 is 0 Å². The molecule has 1 aliphatic heterocycles. The van der Waals surface area contributed by atoms with Gasteiger partial charge in [-0.05, 0) is 54.7 Å². The molecule has 1 aliphatic rings. The number of aromatic nitrogens is 2. The van der Waals surface area contributed by atoms with Crippen LogP contribution in [0.15, 0.2) is 42.7 Å². The lowest BCUT2D eigenvalue weighted by molar-refractivity contribution is 0.120. The molecule has 1 fully saturated rings. The van der Waals surface area contributed by atoms with Crippen LogP contribution in [0, 0.1) is 18.3 Å². The fraction of sp³-hybridized carbons (Fsp3) is 0.292. The second-order valence-electron chi connectivity index (χ2n) is 7.93. The number of nitrogens with zero attached hydrogens (tertiary/aromatic N) is 3. The monoisotopic (exact) mass is 482 g/mol. The fourth-order valence-electron chi connectivity index (χ4n) is 3.82. The highest BCUT2D eigenvalue weighted by Gasteiger charge is 2.20. The number of aryl methyl sites for hydroxylation is 1. The van der Waals surface area contributed by atoms with Crippen LogP contribution in [0.25, 0.3) is 0 Å². The van der Waals surface area contributed by atoms with Crippen molar-refractivity contribution in [3.63, 3.8) is 0 Å². The number of nitrogens with two attached hydrogens (primary N) is 1. The molecule has 1 aromatic heterocycles. The lowest BCUT2D eigenvalue weighted by Crippen LogP contribution is -2.20. The molecule has 0 bridgehead atoms. The zero-order chi connectivity index (χ0) is 23.4. The van der Waals surface area contributed by atoms with Crippen molar-refractivity contribution in [3.05, 3.63) is 69.5 Å². The number of hydrogen-bond acceptors (Lipinski definition) is 7. The zero-order valence-corrected chi connectivity index (χ0v) is 19.6. The zero-order valence-electron chi connectivity index (χ0n) is 18.1. The van der Waals surface area contributed by atoms with Crippen molar-refractivity contribution >= 4 is 46.2 Å². The van der Waals surface area contributed by atoms with Crippen LogP contribution in [0.2, 0.25) is 10.0 Å². The van der Waals surface area contributed by atoms with Crippen LogP contribution in [0.4, 0.5) is 23.0 Å². The van der Waals surface area contributed by atoms with E-state index in [0.29, 0.717) is 33.9 Å². The maximum absolute atomic E-state index is 9.81. The van der Waals surface area contributed by atoms with E-state index in [2.05, 4.69) is 26.7 Å². The van der Waals surface area contributed by atoms with Crippen molar-refractivity contribution in [1.29, 1.82) is 5.26 Å². The normalized spacial score (nSPS) is 16.2. The summed E-state index contributed by atoms with van der Waals surface area (Å²) in [5, 5.41) is 17.4. The molecule has 2 aromatic carbocycles. The molecule has 1 saturated heterocycles. The highest BCUT2D eigenvalue weighted by molar-refractivity contribution is 6.32. The molecule has 4 rings (SSSR count). The molecule has 0 radical (unpaired) electrons. The van der Waals surface area contributed by atoms with E-state index in [1.165, 1.54) is 6.33 Å².